The van der Waals surface area contributed by atoms with Crippen molar-refractivity contribution in [3.63, 3.8) is 0 Å². The first kappa shape index (κ1) is 17.8. The molecule has 0 unspecified atom stereocenters. The minimum Gasteiger partial charge on any atom is -0.287 e. The summed E-state index contributed by atoms with van der Waals surface area (Å²) in [5.74, 6) is 1.52. The zero-order chi connectivity index (χ0) is 18.0. The fourth-order valence-corrected chi connectivity index (χ4v) is 3.11. The van der Waals surface area contributed by atoms with E-state index in [9.17, 15) is 4.79 Å². The van der Waals surface area contributed by atoms with Gasteiger partial charge in [0.25, 0.3) is 0 Å². The van der Waals surface area contributed by atoms with Crippen LogP contribution in [0.15, 0.2) is 47.1 Å². The summed E-state index contributed by atoms with van der Waals surface area (Å²) in [6, 6.07) is 10.8. The van der Waals surface area contributed by atoms with E-state index in [0.717, 1.165) is 10.3 Å². The zero-order valence-corrected chi connectivity index (χ0v) is 16.1. The fourth-order valence-electron chi connectivity index (χ4n) is 2.57. The molecule has 0 radical (unpaired) electrons. The molecule has 0 aliphatic heterocycles. The van der Waals surface area contributed by atoms with E-state index < -0.39 is 0 Å². The smallest absolute Gasteiger partial charge is 0.213 e. The van der Waals surface area contributed by atoms with Crippen molar-refractivity contribution in [2.24, 2.45) is 0 Å². The lowest BCUT2D eigenvalue weighted by Crippen LogP contribution is -2.13. The van der Waals surface area contributed by atoms with E-state index in [1.165, 1.54) is 0 Å². The molecule has 0 atom stereocenters. The second-order valence-electron chi connectivity index (χ2n) is 5.80. The summed E-state index contributed by atoms with van der Waals surface area (Å²) in [6.45, 7) is 4.05. The van der Waals surface area contributed by atoms with Gasteiger partial charge >= 0.3 is 0 Å². The highest BCUT2D eigenvalue weighted by atomic mass is 79.9. The highest BCUT2D eigenvalue weighted by molar-refractivity contribution is 9.10. The summed E-state index contributed by atoms with van der Waals surface area (Å²) in [4.78, 5) is 17.2. The monoisotopic (exact) mass is 418 g/mol. The van der Waals surface area contributed by atoms with E-state index in [2.05, 4.69) is 31.1 Å². The maximum atomic E-state index is 13.0. The Morgan fingerprint density at radius 2 is 2.04 bits per heavy atom. The van der Waals surface area contributed by atoms with Crippen molar-refractivity contribution in [2.45, 2.75) is 25.6 Å². The van der Waals surface area contributed by atoms with Crippen LogP contribution in [0, 0.1) is 0 Å². The molecule has 3 aromatic rings. The lowest BCUT2D eigenvalue weighted by molar-refractivity contribution is 0.103. The van der Waals surface area contributed by atoms with Crippen LogP contribution in [0.25, 0.3) is 5.69 Å². The zero-order valence-electron chi connectivity index (χ0n) is 13.8. The number of carbonyl (C=O) groups is 1. The van der Waals surface area contributed by atoms with Gasteiger partial charge < -0.3 is 0 Å². The highest BCUT2D eigenvalue weighted by Crippen LogP contribution is 2.27. The first-order valence-electron chi connectivity index (χ1n) is 7.78. The van der Waals surface area contributed by atoms with Crippen LogP contribution in [0.3, 0.4) is 0 Å². The first-order chi connectivity index (χ1) is 12.0. The molecule has 3 rings (SSSR count). The molecule has 0 spiro atoms. The molecule has 0 amide bonds. The van der Waals surface area contributed by atoms with E-state index in [0.29, 0.717) is 22.8 Å². The number of aromatic nitrogens is 4. The summed E-state index contributed by atoms with van der Waals surface area (Å²) in [7, 11) is 0. The minimum absolute atomic E-state index is 0.130. The average Bonchev–Trinajstić information content (AvgIpc) is 3.06. The molecule has 0 bridgehead atoms. The topological polar surface area (TPSA) is 60.7 Å². The Balaban J connectivity index is 2.23. The molecular weight excluding hydrogens is 404 g/mol. The number of hydrogen-bond acceptors (Lipinski definition) is 4. The number of ketones is 1. The molecule has 2 heterocycles. The van der Waals surface area contributed by atoms with Crippen molar-refractivity contribution < 1.29 is 4.79 Å². The third-order valence-corrected chi connectivity index (χ3v) is 4.46. The summed E-state index contributed by atoms with van der Waals surface area (Å²) < 4.78 is 2.67. The van der Waals surface area contributed by atoms with Crippen LogP contribution in [-0.4, -0.2) is 25.5 Å². The Hall–Kier alpha value is -2.05. The van der Waals surface area contributed by atoms with Crippen LogP contribution >= 0.6 is 27.5 Å². The van der Waals surface area contributed by atoms with Gasteiger partial charge in [0.15, 0.2) is 5.82 Å². The van der Waals surface area contributed by atoms with Crippen LogP contribution in [0.5, 0.6) is 0 Å². The summed E-state index contributed by atoms with van der Waals surface area (Å²) in [5.41, 5.74) is 1.60. The van der Waals surface area contributed by atoms with Gasteiger partial charge in [0.2, 0.25) is 5.78 Å². The molecule has 0 saturated heterocycles. The number of nitrogens with zero attached hydrogens (tertiary/aromatic N) is 4. The maximum Gasteiger partial charge on any atom is 0.213 e. The Morgan fingerprint density at radius 3 is 2.68 bits per heavy atom. The van der Waals surface area contributed by atoms with Gasteiger partial charge in [-0.05, 0) is 30.3 Å². The second-order valence-corrected chi connectivity index (χ2v) is 6.99. The van der Waals surface area contributed by atoms with Crippen molar-refractivity contribution in [3.8, 4) is 5.69 Å². The molecule has 5 nitrogen and oxygen atoms in total. The van der Waals surface area contributed by atoms with Crippen molar-refractivity contribution in [2.75, 3.05) is 0 Å². The standard InChI is InChI=1S/C18H16BrClN4O/c1-11(2)18-23-22-16(10-20)24(18)15-7-6-12(19)9-13(15)17(25)14-5-3-4-8-21-14/h3-9,11H,10H2,1-2H3. The predicted molar refractivity (Wildman–Crippen MR) is 100 cm³/mol. The van der Waals surface area contributed by atoms with Gasteiger partial charge in [0, 0.05) is 22.2 Å². The summed E-state index contributed by atoms with van der Waals surface area (Å²) >= 11 is 9.49. The Labute approximate surface area is 159 Å². The van der Waals surface area contributed by atoms with E-state index in [4.69, 9.17) is 11.6 Å². The molecule has 7 heteroatoms. The Bertz CT molecular complexity index is 909. The average molecular weight is 420 g/mol. The number of pyridine rings is 1. The first-order valence-corrected chi connectivity index (χ1v) is 9.11. The number of alkyl halides is 1. The van der Waals surface area contributed by atoms with Gasteiger partial charge in [-0.25, -0.2) is 0 Å². The van der Waals surface area contributed by atoms with Gasteiger partial charge in [-0.3, -0.25) is 14.3 Å². The quantitative estimate of drug-likeness (QED) is 0.451. The normalized spacial score (nSPS) is 11.1. The van der Waals surface area contributed by atoms with Gasteiger partial charge in [0.05, 0.1) is 11.6 Å². The largest absolute Gasteiger partial charge is 0.287 e. The van der Waals surface area contributed by atoms with Gasteiger partial charge in [-0.2, -0.15) is 0 Å². The van der Waals surface area contributed by atoms with Crippen LogP contribution in [0.1, 0.15) is 47.5 Å². The van der Waals surface area contributed by atoms with Crippen LogP contribution in [0.4, 0.5) is 0 Å². The number of rotatable bonds is 5. The van der Waals surface area contributed by atoms with E-state index in [1.54, 1.807) is 30.5 Å². The number of hydrogen-bond donors (Lipinski definition) is 0. The third-order valence-electron chi connectivity index (χ3n) is 3.73. The molecule has 128 valence electrons. The van der Waals surface area contributed by atoms with E-state index in [-0.39, 0.29) is 17.6 Å². The molecule has 0 aliphatic rings. The number of benzene rings is 1. The lowest BCUT2D eigenvalue weighted by atomic mass is 10.0. The highest BCUT2D eigenvalue weighted by Gasteiger charge is 2.22. The van der Waals surface area contributed by atoms with Crippen molar-refractivity contribution in [1.29, 1.82) is 0 Å². The molecule has 0 N–H and O–H groups in total. The van der Waals surface area contributed by atoms with Crippen molar-refractivity contribution in [3.05, 3.63) is 70.0 Å². The second kappa shape index (κ2) is 7.45. The SMILES string of the molecule is CC(C)c1nnc(CCl)n1-c1ccc(Br)cc1C(=O)c1ccccn1. The molecule has 0 saturated carbocycles. The molecule has 0 fully saturated rings. The summed E-state index contributed by atoms with van der Waals surface area (Å²) in [5, 5.41) is 8.42. The number of carbonyl (C=O) groups excluding carboxylic acids is 1. The lowest BCUT2D eigenvalue weighted by Gasteiger charge is -2.15. The molecule has 2 aromatic heterocycles. The maximum absolute atomic E-state index is 13.0. The van der Waals surface area contributed by atoms with E-state index in [1.807, 2.05) is 30.5 Å². The molecule has 0 aliphatic carbocycles. The summed E-state index contributed by atoms with van der Waals surface area (Å²) in [6.07, 6.45) is 1.60. The number of halogens is 2. The Kier molecular flexibility index (Phi) is 5.30. The van der Waals surface area contributed by atoms with Crippen LogP contribution in [-0.2, 0) is 5.88 Å². The molecule has 1 aromatic carbocycles. The molecular formula is C18H16BrClN4O. The van der Waals surface area contributed by atoms with Gasteiger partial charge in [-0.15, -0.1) is 21.8 Å². The predicted octanol–water partition coefficient (Wildman–Crippen LogP) is 4.52. The fraction of sp³-hybridized carbons (Fsp3) is 0.222. The molecule has 25 heavy (non-hydrogen) atoms. The van der Waals surface area contributed by atoms with Crippen LogP contribution < -0.4 is 0 Å². The van der Waals surface area contributed by atoms with Crippen LogP contribution in [0.2, 0.25) is 0 Å². The van der Waals surface area contributed by atoms with Gasteiger partial charge in [-0.1, -0.05) is 35.8 Å². The van der Waals surface area contributed by atoms with Crippen molar-refractivity contribution in [1.82, 2.24) is 19.7 Å². The Morgan fingerprint density at radius 1 is 1.24 bits per heavy atom. The van der Waals surface area contributed by atoms with Crippen molar-refractivity contribution >= 4 is 33.3 Å². The third kappa shape index (κ3) is 3.50. The van der Waals surface area contributed by atoms with Gasteiger partial charge in [0.1, 0.15) is 11.5 Å². The minimum atomic E-state index is -0.166. The van der Waals surface area contributed by atoms with E-state index >= 15 is 0 Å².